The minimum absolute atomic E-state index is 0.0540. The fourth-order valence-electron chi connectivity index (χ4n) is 8.43. The SMILES string of the molecule is CC(C)C[C@@H]1NC(=O)[C@@H](Cc2ccccc2)NC(=O)[C@H](CCN)NC(=O)[C@@H](NC(=O)[C@H](CCN)NC(=O)[C@@H](NC(=O)CC(N)c2ccccc2)C(C)O)CCNC(=O)[C@H](C(C)O)NC(=O)[C@H](CCN)NC(=O)[C@H](CCN)NC1=O. The third-order valence-corrected chi connectivity index (χ3v) is 12.8. The Morgan fingerprint density at radius 3 is 1.58 bits per heavy atom. The Labute approximate surface area is 459 Å². The third-order valence-electron chi connectivity index (χ3n) is 12.8. The zero-order valence-electron chi connectivity index (χ0n) is 45.3. The molecule has 10 amide bonds. The number of nitrogens with two attached hydrogens (primary N) is 5. The predicted molar refractivity (Wildman–Crippen MR) is 291 cm³/mol. The van der Waals surface area contributed by atoms with Gasteiger partial charge in [-0.2, -0.15) is 0 Å². The molecule has 2 aromatic carbocycles. The molecule has 1 heterocycles. The Morgan fingerprint density at radius 1 is 0.595 bits per heavy atom. The summed E-state index contributed by atoms with van der Waals surface area (Å²) in [6.07, 6.45) is -4.54. The summed E-state index contributed by atoms with van der Waals surface area (Å²) in [4.78, 5) is 140. The lowest BCUT2D eigenvalue weighted by atomic mass is 10.00. The number of carbonyl (C=O) groups is 10. The van der Waals surface area contributed by atoms with Gasteiger partial charge in [0.25, 0.3) is 0 Å². The van der Waals surface area contributed by atoms with Crippen molar-refractivity contribution in [1.82, 2.24) is 53.2 Å². The van der Waals surface area contributed by atoms with E-state index in [1.165, 1.54) is 13.8 Å². The van der Waals surface area contributed by atoms with Crippen LogP contribution in [0.15, 0.2) is 60.7 Å². The Kier molecular flexibility index (Phi) is 28.5. The molecular formula is C52H83N15O12. The highest BCUT2D eigenvalue weighted by molar-refractivity contribution is 5.99. The molecule has 3 rings (SSSR count). The molecule has 438 valence electrons. The van der Waals surface area contributed by atoms with E-state index in [0.717, 1.165) is 0 Å². The standard InChI is InChI=1S/C52H83N15O12/c1-28(2)25-39-49(76)61-34(15-20-53)44(71)60-37(18-23-56)48(75)67-42(29(3)68)51(78)58-24-19-38(47(74)59-35(16-21-54)46(73)65-40(50(77)64-39)26-31-11-7-5-8-12-31)62-45(72)36(17-22-55)63-52(79)43(30(4)69)66-41(70)27-33(57)32-13-9-6-10-14-32/h5-14,28-30,33-40,42-43,68-69H,15-27,53-57H2,1-4H3,(H,58,78)(H,59,74)(H,60,71)(H,61,76)(H,62,72)(H,63,79)(H,64,77)(H,65,73)(H,66,70)(H,67,75)/t29?,30?,33?,34-,35-,36-,37-,38-,39-,40+,42-,43-/m0/s1. The second-order valence-electron chi connectivity index (χ2n) is 19.9. The summed E-state index contributed by atoms with van der Waals surface area (Å²) >= 11 is 0. The van der Waals surface area contributed by atoms with Gasteiger partial charge in [0.2, 0.25) is 59.1 Å². The summed E-state index contributed by atoms with van der Waals surface area (Å²) in [6, 6.07) is 3.17. The minimum Gasteiger partial charge on any atom is -0.391 e. The van der Waals surface area contributed by atoms with E-state index in [0.29, 0.717) is 11.1 Å². The van der Waals surface area contributed by atoms with Crippen LogP contribution in [0.25, 0.3) is 0 Å². The van der Waals surface area contributed by atoms with Gasteiger partial charge in [-0.3, -0.25) is 47.9 Å². The number of nitrogens with one attached hydrogen (secondary N) is 10. The summed E-state index contributed by atoms with van der Waals surface area (Å²) in [5, 5.41) is 46.8. The lowest BCUT2D eigenvalue weighted by Crippen LogP contribution is -2.61. The molecule has 1 aliphatic heterocycles. The van der Waals surface area contributed by atoms with Gasteiger partial charge in [0.1, 0.15) is 54.4 Å². The molecule has 1 fully saturated rings. The molecule has 1 saturated heterocycles. The molecule has 79 heavy (non-hydrogen) atoms. The fraction of sp³-hybridized carbons (Fsp3) is 0.577. The highest BCUT2D eigenvalue weighted by atomic mass is 16.3. The average molecular weight is 1110 g/mol. The van der Waals surface area contributed by atoms with Gasteiger partial charge in [-0.05, 0) is 95.6 Å². The van der Waals surface area contributed by atoms with Gasteiger partial charge < -0.3 is 92.0 Å². The first-order valence-corrected chi connectivity index (χ1v) is 26.5. The molecule has 22 N–H and O–H groups in total. The van der Waals surface area contributed by atoms with E-state index >= 15 is 0 Å². The lowest BCUT2D eigenvalue weighted by molar-refractivity contribution is -0.136. The molecule has 27 nitrogen and oxygen atoms in total. The van der Waals surface area contributed by atoms with Crippen molar-refractivity contribution in [1.29, 1.82) is 0 Å². The van der Waals surface area contributed by atoms with Gasteiger partial charge in [-0.1, -0.05) is 74.5 Å². The number of aliphatic hydroxyl groups is 2. The van der Waals surface area contributed by atoms with Crippen molar-refractivity contribution in [3.05, 3.63) is 71.8 Å². The van der Waals surface area contributed by atoms with E-state index in [2.05, 4.69) is 53.2 Å². The van der Waals surface area contributed by atoms with Crippen LogP contribution < -0.4 is 81.8 Å². The average Bonchev–Trinajstić information content (AvgIpc) is 3.40. The highest BCUT2D eigenvalue weighted by Crippen LogP contribution is 2.14. The van der Waals surface area contributed by atoms with Crippen LogP contribution in [-0.4, -0.2) is 169 Å². The number of benzene rings is 2. The largest absolute Gasteiger partial charge is 0.391 e. The van der Waals surface area contributed by atoms with Crippen molar-refractivity contribution in [3.8, 4) is 0 Å². The molecule has 2 aromatic rings. The van der Waals surface area contributed by atoms with Crippen LogP contribution in [0.5, 0.6) is 0 Å². The van der Waals surface area contributed by atoms with Crippen LogP contribution in [0, 0.1) is 5.92 Å². The summed E-state index contributed by atoms with van der Waals surface area (Å²) in [5.41, 5.74) is 30.9. The molecule has 12 atom stereocenters. The van der Waals surface area contributed by atoms with Gasteiger partial charge in [0.15, 0.2) is 0 Å². The van der Waals surface area contributed by atoms with Crippen LogP contribution in [0.1, 0.15) is 89.8 Å². The van der Waals surface area contributed by atoms with E-state index in [4.69, 9.17) is 28.7 Å². The van der Waals surface area contributed by atoms with Crippen LogP contribution in [0.4, 0.5) is 0 Å². The Balaban J connectivity index is 2.09. The molecular weight excluding hydrogens is 1030 g/mol. The summed E-state index contributed by atoms with van der Waals surface area (Å²) in [5.74, 6) is -9.20. The second-order valence-corrected chi connectivity index (χ2v) is 19.9. The van der Waals surface area contributed by atoms with Crippen LogP contribution in [0.3, 0.4) is 0 Å². The van der Waals surface area contributed by atoms with Crippen LogP contribution >= 0.6 is 0 Å². The molecule has 0 saturated carbocycles. The van der Waals surface area contributed by atoms with Crippen molar-refractivity contribution in [2.24, 2.45) is 34.6 Å². The smallest absolute Gasteiger partial charge is 0.245 e. The van der Waals surface area contributed by atoms with Gasteiger partial charge in [-0.15, -0.1) is 0 Å². The minimum atomic E-state index is -1.67. The van der Waals surface area contributed by atoms with Gasteiger partial charge in [0.05, 0.1) is 12.2 Å². The lowest BCUT2D eigenvalue weighted by Gasteiger charge is -2.28. The second kappa shape index (κ2) is 34.0. The maximum atomic E-state index is 14.5. The first-order valence-electron chi connectivity index (χ1n) is 26.5. The number of rotatable bonds is 22. The Morgan fingerprint density at radius 2 is 1.08 bits per heavy atom. The molecule has 0 radical (unpaired) electrons. The molecule has 3 unspecified atom stereocenters. The van der Waals surface area contributed by atoms with Gasteiger partial charge >= 0.3 is 0 Å². The predicted octanol–water partition coefficient (Wildman–Crippen LogP) is -5.59. The van der Waals surface area contributed by atoms with Crippen molar-refractivity contribution in [3.63, 3.8) is 0 Å². The van der Waals surface area contributed by atoms with Crippen molar-refractivity contribution in [2.75, 3.05) is 32.7 Å². The fourth-order valence-corrected chi connectivity index (χ4v) is 8.43. The molecule has 0 spiro atoms. The number of hydrogen-bond donors (Lipinski definition) is 17. The zero-order chi connectivity index (χ0) is 58.8. The van der Waals surface area contributed by atoms with Gasteiger partial charge in [-0.25, -0.2) is 0 Å². The topological polar surface area (TPSA) is 462 Å². The number of amides is 10. The van der Waals surface area contributed by atoms with Gasteiger partial charge in [0, 0.05) is 25.4 Å². The molecule has 0 aliphatic carbocycles. The van der Waals surface area contributed by atoms with E-state index in [-0.39, 0.29) is 77.0 Å². The van der Waals surface area contributed by atoms with Crippen LogP contribution in [0.2, 0.25) is 0 Å². The van der Waals surface area contributed by atoms with Crippen molar-refractivity contribution >= 4 is 59.1 Å². The van der Waals surface area contributed by atoms with E-state index in [1.54, 1.807) is 74.5 Å². The molecule has 0 aromatic heterocycles. The van der Waals surface area contributed by atoms with E-state index < -0.39 is 145 Å². The maximum Gasteiger partial charge on any atom is 0.245 e. The van der Waals surface area contributed by atoms with E-state index in [9.17, 15) is 58.2 Å². The first kappa shape index (κ1) is 66.1. The number of hydrogen-bond acceptors (Lipinski definition) is 17. The number of carbonyl (C=O) groups excluding carboxylic acids is 10. The molecule has 0 bridgehead atoms. The third kappa shape index (κ3) is 22.3. The highest BCUT2D eigenvalue weighted by Gasteiger charge is 2.37. The van der Waals surface area contributed by atoms with Crippen LogP contribution in [-0.2, 0) is 54.4 Å². The summed E-state index contributed by atoms with van der Waals surface area (Å²) in [6.45, 7) is 4.96. The zero-order valence-corrected chi connectivity index (χ0v) is 45.3. The van der Waals surface area contributed by atoms with Crippen molar-refractivity contribution < 1.29 is 58.2 Å². The van der Waals surface area contributed by atoms with Crippen molar-refractivity contribution in [2.45, 2.75) is 152 Å². The first-order chi connectivity index (χ1) is 37.5. The van der Waals surface area contributed by atoms with E-state index in [1.807, 2.05) is 0 Å². The quantitative estimate of drug-likeness (QED) is 0.0523. The summed E-state index contributed by atoms with van der Waals surface area (Å²) in [7, 11) is 0. The molecule has 1 aliphatic rings. The number of aliphatic hydroxyl groups excluding tert-OH is 2. The summed E-state index contributed by atoms with van der Waals surface area (Å²) < 4.78 is 0. The monoisotopic (exact) mass is 1110 g/mol. The Hall–Kier alpha value is -7.14. The molecule has 27 heteroatoms. The maximum absolute atomic E-state index is 14.5. The normalized spacial score (nSPS) is 23.3. The Bertz CT molecular complexity index is 2330.